The highest BCUT2D eigenvalue weighted by Crippen LogP contribution is 1.99. The van der Waals surface area contributed by atoms with E-state index in [0.29, 0.717) is 0 Å². The molecule has 0 aromatic rings. The van der Waals surface area contributed by atoms with E-state index in [2.05, 4.69) is 26.7 Å². The highest BCUT2D eigenvalue weighted by atomic mass is 33.1. The van der Waals surface area contributed by atoms with Crippen LogP contribution in [0.15, 0.2) is 4.99 Å². The van der Waals surface area contributed by atoms with Gasteiger partial charge in [0, 0.05) is 19.5 Å². The summed E-state index contributed by atoms with van der Waals surface area (Å²) in [4.78, 5) is 4.29. The van der Waals surface area contributed by atoms with Crippen LogP contribution in [0.2, 0.25) is 0 Å². The summed E-state index contributed by atoms with van der Waals surface area (Å²) in [5.41, 5.74) is 0. The van der Waals surface area contributed by atoms with Crippen molar-refractivity contribution >= 4 is 28.5 Å². The zero-order valence-corrected chi connectivity index (χ0v) is 8.05. The van der Waals surface area contributed by atoms with Gasteiger partial charge in [0.1, 0.15) is 0 Å². The normalized spacial score (nSPS) is 16.3. The zero-order chi connectivity index (χ0) is 7.94. The molecule has 0 saturated carbocycles. The highest BCUT2D eigenvalue weighted by molar-refractivity contribution is 8.67. The molecule has 1 heterocycles. The predicted molar refractivity (Wildman–Crippen MR) is 54.1 cm³/mol. The SMILES string of the molecule is SSNCCCC1=NCCN1. The fourth-order valence-electron chi connectivity index (χ4n) is 0.988. The number of nitrogens with one attached hydrogen (secondary N) is 2. The van der Waals surface area contributed by atoms with Crippen molar-refractivity contribution in [2.45, 2.75) is 12.8 Å². The Morgan fingerprint density at radius 2 is 2.64 bits per heavy atom. The first kappa shape index (κ1) is 9.22. The third-order valence-corrected chi connectivity index (χ3v) is 2.22. The molecule has 0 saturated heterocycles. The lowest BCUT2D eigenvalue weighted by Gasteiger charge is -2.01. The average Bonchev–Trinajstić information content (AvgIpc) is 2.50. The van der Waals surface area contributed by atoms with Gasteiger partial charge in [0.2, 0.25) is 0 Å². The smallest absolute Gasteiger partial charge is 0.0964 e. The van der Waals surface area contributed by atoms with Crippen molar-refractivity contribution in [1.82, 2.24) is 10.0 Å². The minimum absolute atomic E-state index is 0.948. The van der Waals surface area contributed by atoms with Crippen LogP contribution >= 0.6 is 22.6 Å². The third-order valence-electron chi connectivity index (χ3n) is 1.50. The van der Waals surface area contributed by atoms with Crippen molar-refractivity contribution in [3.05, 3.63) is 0 Å². The Morgan fingerprint density at radius 1 is 1.73 bits per heavy atom. The first-order valence-corrected chi connectivity index (χ1v) is 5.61. The van der Waals surface area contributed by atoms with Gasteiger partial charge in [-0.3, -0.25) is 9.71 Å². The molecule has 0 aromatic carbocycles. The van der Waals surface area contributed by atoms with E-state index in [1.807, 2.05) is 0 Å². The molecule has 11 heavy (non-hydrogen) atoms. The molecule has 0 aliphatic carbocycles. The van der Waals surface area contributed by atoms with Crippen LogP contribution < -0.4 is 10.0 Å². The van der Waals surface area contributed by atoms with E-state index in [-0.39, 0.29) is 0 Å². The van der Waals surface area contributed by atoms with Gasteiger partial charge in [0.15, 0.2) is 0 Å². The average molecular weight is 191 g/mol. The molecule has 2 N–H and O–H groups in total. The van der Waals surface area contributed by atoms with Crippen molar-refractivity contribution < 1.29 is 0 Å². The van der Waals surface area contributed by atoms with E-state index in [1.165, 1.54) is 11.0 Å². The van der Waals surface area contributed by atoms with Crippen LogP contribution in [0.5, 0.6) is 0 Å². The maximum absolute atomic E-state index is 4.29. The van der Waals surface area contributed by atoms with Crippen LogP contribution in [0.1, 0.15) is 12.8 Å². The van der Waals surface area contributed by atoms with E-state index in [4.69, 9.17) is 0 Å². The van der Waals surface area contributed by atoms with E-state index in [0.717, 1.165) is 38.3 Å². The van der Waals surface area contributed by atoms with Crippen LogP contribution in [0.4, 0.5) is 0 Å². The molecule has 1 rings (SSSR count). The number of thiol groups is 1. The van der Waals surface area contributed by atoms with Gasteiger partial charge in [-0.1, -0.05) is 11.7 Å². The minimum atomic E-state index is 0.948. The van der Waals surface area contributed by atoms with Crippen LogP contribution in [0.3, 0.4) is 0 Å². The van der Waals surface area contributed by atoms with Gasteiger partial charge in [-0.05, 0) is 17.4 Å². The van der Waals surface area contributed by atoms with Gasteiger partial charge in [-0.2, -0.15) is 0 Å². The number of hydrogen-bond acceptors (Lipinski definition) is 5. The number of nitrogens with zero attached hydrogens (tertiary/aromatic N) is 1. The van der Waals surface area contributed by atoms with Crippen LogP contribution in [0, 0.1) is 0 Å². The lowest BCUT2D eigenvalue weighted by atomic mass is 10.3. The lowest BCUT2D eigenvalue weighted by molar-refractivity contribution is 0.822. The second-order valence-corrected chi connectivity index (χ2v) is 3.36. The van der Waals surface area contributed by atoms with E-state index in [1.54, 1.807) is 0 Å². The van der Waals surface area contributed by atoms with Gasteiger partial charge in [-0.25, -0.2) is 0 Å². The van der Waals surface area contributed by atoms with Crippen molar-refractivity contribution in [2.24, 2.45) is 4.99 Å². The van der Waals surface area contributed by atoms with E-state index in [9.17, 15) is 0 Å². The quantitative estimate of drug-likeness (QED) is 0.261. The molecular weight excluding hydrogens is 178 g/mol. The van der Waals surface area contributed by atoms with Gasteiger partial charge < -0.3 is 5.32 Å². The van der Waals surface area contributed by atoms with Crippen molar-refractivity contribution in [2.75, 3.05) is 19.6 Å². The second kappa shape index (κ2) is 5.74. The van der Waals surface area contributed by atoms with Gasteiger partial charge in [0.25, 0.3) is 0 Å². The molecule has 0 radical (unpaired) electrons. The molecule has 0 atom stereocenters. The zero-order valence-electron chi connectivity index (χ0n) is 6.34. The summed E-state index contributed by atoms with van der Waals surface area (Å²) in [5, 5.41) is 3.23. The molecule has 0 fully saturated rings. The Labute approximate surface area is 76.4 Å². The molecule has 0 aromatic heterocycles. The van der Waals surface area contributed by atoms with Crippen molar-refractivity contribution in [1.29, 1.82) is 0 Å². The molecule has 1 aliphatic heterocycles. The van der Waals surface area contributed by atoms with Crippen molar-refractivity contribution in [3.63, 3.8) is 0 Å². The van der Waals surface area contributed by atoms with Gasteiger partial charge in [-0.15, -0.1) is 0 Å². The third kappa shape index (κ3) is 3.88. The Bertz CT molecular complexity index is 138. The number of aliphatic imine (C=N–C) groups is 1. The van der Waals surface area contributed by atoms with Crippen LogP contribution in [-0.2, 0) is 0 Å². The second-order valence-electron chi connectivity index (χ2n) is 2.34. The predicted octanol–water partition coefficient (Wildman–Crippen LogP) is 0.851. The van der Waals surface area contributed by atoms with Crippen molar-refractivity contribution in [3.8, 4) is 0 Å². The topological polar surface area (TPSA) is 36.4 Å². The Morgan fingerprint density at radius 3 is 3.27 bits per heavy atom. The highest BCUT2D eigenvalue weighted by Gasteiger charge is 2.02. The van der Waals surface area contributed by atoms with Gasteiger partial charge in [0.05, 0.1) is 12.4 Å². The molecule has 3 nitrogen and oxygen atoms in total. The summed E-state index contributed by atoms with van der Waals surface area (Å²) in [6.45, 7) is 2.96. The summed E-state index contributed by atoms with van der Waals surface area (Å²) in [7, 11) is 1.37. The molecule has 0 unspecified atom stereocenters. The molecule has 0 spiro atoms. The monoisotopic (exact) mass is 191 g/mol. The molecule has 0 amide bonds. The summed E-state index contributed by atoms with van der Waals surface area (Å²) in [5.74, 6) is 1.16. The minimum Gasteiger partial charge on any atom is -0.372 e. The maximum atomic E-state index is 4.29. The summed E-state index contributed by atoms with van der Waals surface area (Å²) in [6, 6.07) is 0. The summed E-state index contributed by atoms with van der Waals surface area (Å²) >= 11 is 3.96. The standard InChI is InChI=1S/C6H13N3S2/c10-11-9-3-1-2-6-7-4-5-8-6/h9-10H,1-5H2,(H,7,8). The number of rotatable bonds is 5. The van der Waals surface area contributed by atoms with Crippen LogP contribution in [-0.4, -0.2) is 25.5 Å². The largest absolute Gasteiger partial charge is 0.372 e. The fraction of sp³-hybridized carbons (Fsp3) is 0.833. The van der Waals surface area contributed by atoms with Crippen LogP contribution in [0.25, 0.3) is 0 Å². The number of hydrogen-bond donors (Lipinski definition) is 3. The number of amidine groups is 1. The molecule has 5 heteroatoms. The molecule has 1 aliphatic rings. The molecular formula is C6H13N3S2. The Hall–Kier alpha value is 0.130. The van der Waals surface area contributed by atoms with Gasteiger partial charge >= 0.3 is 0 Å². The fourth-order valence-corrected chi connectivity index (χ4v) is 1.50. The first-order valence-electron chi connectivity index (χ1n) is 3.74. The molecule has 0 bridgehead atoms. The Kier molecular flexibility index (Phi) is 4.81. The lowest BCUT2D eigenvalue weighted by Crippen LogP contribution is -2.19. The van der Waals surface area contributed by atoms with E-state index >= 15 is 0 Å². The Balaban J connectivity index is 1.94. The first-order chi connectivity index (χ1) is 5.43. The van der Waals surface area contributed by atoms with E-state index < -0.39 is 0 Å². The summed E-state index contributed by atoms with van der Waals surface area (Å²) in [6.07, 6.45) is 2.18. The maximum Gasteiger partial charge on any atom is 0.0964 e. The summed E-state index contributed by atoms with van der Waals surface area (Å²) < 4.78 is 3.07. The molecule has 64 valence electrons.